The molecule has 0 bridgehead atoms. The molecule has 0 radical (unpaired) electrons. The summed E-state index contributed by atoms with van der Waals surface area (Å²) in [4.78, 5) is 58.5. The summed E-state index contributed by atoms with van der Waals surface area (Å²) in [6.07, 6.45) is 1.20. The van der Waals surface area contributed by atoms with E-state index in [1.807, 2.05) is 6.07 Å². The smallest absolute Gasteiger partial charge is 0.339 e. The SMILES string of the molecule is O=C(COC(=O)c1cc(-c2ccc(N3C(=O)C4CC(Br)C(Br)CC4C3=O)cc2)nc2ccccc12)c1ccc(Cl)cc1. The van der Waals surface area contributed by atoms with Crippen molar-refractivity contribution in [1.82, 2.24) is 4.98 Å². The van der Waals surface area contributed by atoms with E-state index in [-0.39, 0.29) is 44.7 Å². The second-order valence-electron chi connectivity index (χ2n) is 10.4. The van der Waals surface area contributed by atoms with Crippen molar-refractivity contribution in [2.45, 2.75) is 22.5 Å². The summed E-state index contributed by atoms with van der Waals surface area (Å²) in [6, 6.07) is 22.2. The van der Waals surface area contributed by atoms with Crippen LogP contribution in [0.1, 0.15) is 33.6 Å². The number of aromatic nitrogens is 1. The van der Waals surface area contributed by atoms with Crippen molar-refractivity contribution in [3.63, 3.8) is 0 Å². The lowest BCUT2D eigenvalue weighted by molar-refractivity contribution is -0.122. The Labute approximate surface area is 263 Å². The van der Waals surface area contributed by atoms with Crippen molar-refractivity contribution in [2.24, 2.45) is 11.8 Å². The van der Waals surface area contributed by atoms with E-state index in [1.165, 1.54) is 4.90 Å². The number of imide groups is 1. The largest absolute Gasteiger partial charge is 0.454 e. The fourth-order valence-corrected chi connectivity index (χ4v) is 6.91. The lowest BCUT2D eigenvalue weighted by Gasteiger charge is -2.29. The molecular weight excluding hydrogens is 688 g/mol. The zero-order chi connectivity index (χ0) is 29.5. The van der Waals surface area contributed by atoms with Crippen molar-refractivity contribution in [3.05, 3.63) is 95.0 Å². The molecule has 2 amide bonds. The third kappa shape index (κ3) is 5.41. The third-order valence-electron chi connectivity index (χ3n) is 7.77. The molecule has 1 saturated carbocycles. The minimum Gasteiger partial charge on any atom is -0.454 e. The summed E-state index contributed by atoms with van der Waals surface area (Å²) in [5.74, 6) is -2.03. The lowest BCUT2D eigenvalue weighted by Crippen LogP contribution is -2.34. The highest BCUT2D eigenvalue weighted by Gasteiger charge is 2.52. The molecule has 2 aliphatic rings. The topological polar surface area (TPSA) is 93.6 Å². The zero-order valence-electron chi connectivity index (χ0n) is 22.0. The van der Waals surface area contributed by atoms with Crippen LogP contribution in [0.5, 0.6) is 0 Å². The fourth-order valence-electron chi connectivity index (χ4n) is 5.55. The van der Waals surface area contributed by atoms with E-state index in [2.05, 4.69) is 31.9 Å². The Morgan fingerprint density at radius 2 is 1.50 bits per heavy atom. The van der Waals surface area contributed by atoms with Crippen LogP contribution in [-0.2, 0) is 14.3 Å². The Morgan fingerprint density at radius 3 is 2.14 bits per heavy atom. The van der Waals surface area contributed by atoms with Gasteiger partial charge < -0.3 is 4.74 Å². The molecule has 3 aromatic carbocycles. The maximum Gasteiger partial charge on any atom is 0.339 e. The predicted octanol–water partition coefficient (Wildman–Crippen LogP) is 7.02. The standard InChI is InChI=1S/C32H23Br2ClN2O5/c33-25-13-22-23(14-26(25)34)31(40)37(30(22)39)20-11-7-17(8-12-20)28-15-24(21-3-1-2-4-27(21)36-28)32(41)42-16-29(38)18-5-9-19(35)10-6-18/h1-12,15,22-23,25-26H,13-14,16H2. The van der Waals surface area contributed by atoms with Crippen molar-refractivity contribution in [1.29, 1.82) is 0 Å². The number of halogens is 3. The number of ether oxygens (including phenoxy) is 1. The Kier molecular flexibility index (Phi) is 8.00. The van der Waals surface area contributed by atoms with Gasteiger partial charge >= 0.3 is 5.97 Å². The third-order valence-corrected chi connectivity index (χ3v) is 10.8. The Balaban J connectivity index is 1.25. The summed E-state index contributed by atoms with van der Waals surface area (Å²) in [7, 11) is 0. The number of Topliss-reactive ketones (excluding diaryl/α,β-unsaturated/α-hetero) is 1. The fraction of sp³-hybridized carbons (Fsp3) is 0.219. The van der Waals surface area contributed by atoms with Crippen LogP contribution in [0.3, 0.4) is 0 Å². The second kappa shape index (κ2) is 11.7. The number of nitrogens with zero attached hydrogens (tertiary/aromatic N) is 2. The van der Waals surface area contributed by atoms with Crippen molar-refractivity contribution in [3.8, 4) is 11.3 Å². The molecule has 0 spiro atoms. The van der Waals surface area contributed by atoms with Gasteiger partial charge in [-0.15, -0.1) is 0 Å². The number of carbonyl (C=O) groups is 4. The van der Waals surface area contributed by atoms with Crippen LogP contribution >= 0.6 is 43.5 Å². The number of amides is 2. The van der Waals surface area contributed by atoms with Gasteiger partial charge in [-0.1, -0.05) is 73.8 Å². The molecule has 7 nitrogen and oxygen atoms in total. The van der Waals surface area contributed by atoms with Gasteiger partial charge in [0.1, 0.15) is 0 Å². The van der Waals surface area contributed by atoms with E-state index in [0.29, 0.717) is 51.3 Å². The maximum atomic E-state index is 13.2. The van der Waals surface area contributed by atoms with Crippen LogP contribution in [0.25, 0.3) is 22.2 Å². The molecule has 2 fully saturated rings. The molecule has 6 rings (SSSR count). The number of benzene rings is 3. The quantitative estimate of drug-likeness (QED) is 0.0925. The monoisotopic (exact) mass is 708 g/mol. The van der Waals surface area contributed by atoms with Crippen LogP contribution in [0.2, 0.25) is 5.02 Å². The number of carbonyl (C=O) groups excluding carboxylic acids is 4. The molecular formula is C32H23Br2ClN2O5. The van der Waals surface area contributed by atoms with E-state index in [0.717, 1.165) is 0 Å². The highest BCUT2D eigenvalue weighted by molar-refractivity contribution is 9.12. The molecule has 4 aromatic rings. The highest BCUT2D eigenvalue weighted by atomic mass is 79.9. The summed E-state index contributed by atoms with van der Waals surface area (Å²) in [5, 5.41) is 1.09. The molecule has 1 aliphatic heterocycles. The molecule has 10 heteroatoms. The molecule has 4 unspecified atom stereocenters. The molecule has 4 atom stereocenters. The molecule has 0 N–H and O–H groups in total. The number of hydrogen-bond acceptors (Lipinski definition) is 6. The number of para-hydroxylation sites is 1. The van der Waals surface area contributed by atoms with Gasteiger partial charge in [0.25, 0.3) is 0 Å². The molecule has 42 heavy (non-hydrogen) atoms. The van der Waals surface area contributed by atoms with Gasteiger partial charge in [-0.25, -0.2) is 9.78 Å². The Hall–Kier alpha value is -3.40. The minimum atomic E-state index is -0.653. The van der Waals surface area contributed by atoms with Gasteiger partial charge in [0.05, 0.1) is 34.3 Å². The van der Waals surface area contributed by atoms with Crippen molar-refractivity contribution < 1.29 is 23.9 Å². The number of esters is 1. The molecule has 1 aliphatic carbocycles. The van der Waals surface area contributed by atoms with E-state index in [1.54, 1.807) is 72.8 Å². The maximum absolute atomic E-state index is 13.2. The van der Waals surface area contributed by atoms with E-state index >= 15 is 0 Å². The first kappa shape index (κ1) is 28.7. The Bertz CT molecular complexity index is 1700. The lowest BCUT2D eigenvalue weighted by atomic mass is 9.81. The predicted molar refractivity (Wildman–Crippen MR) is 167 cm³/mol. The number of rotatable bonds is 6. The van der Waals surface area contributed by atoms with Crippen LogP contribution in [0, 0.1) is 11.8 Å². The number of hydrogen-bond donors (Lipinski definition) is 0. The first-order valence-corrected chi connectivity index (χ1v) is 15.5. The second-order valence-corrected chi connectivity index (χ2v) is 13.1. The number of pyridine rings is 1. The first-order valence-electron chi connectivity index (χ1n) is 13.3. The summed E-state index contributed by atoms with van der Waals surface area (Å²) < 4.78 is 5.41. The van der Waals surface area contributed by atoms with Gasteiger partial charge in [0.2, 0.25) is 11.8 Å². The molecule has 2 heterocycles. The van der Waals surface area contributed by atoms with E-state index in [4.69, 9.17) is 21.3 Å². The first-order chi connectivity index (χ1) is 20.2. The van der Waals surface area contributed by atoms with Gasteiger partial charge in [-0.3, -0.25) is 19.3 Å². The average molecular weight is 711 g/mol. The summed E-state index contributed by atoms with van der Waals surface area (Å²) >= 11 is 13.1. The van der Waals surface area contributed by atoms with Crippen molar-refractivity contribution >= 4 is 83.6 Å². The summed E-state index contributed by atoms with van der Waals surface area (Å²) in [5.41, 5.74) is 2.94. The number of fused-ring (bicyclic) bond motifs is 2. The Morgan fingerprint density at radius 1 is 0.881 bits per heavy atom. The number of anilines is 1. The van der Waals surface area contributed by atoms with Crippen molar-refractivity contribution in [2.75, 3.05) is 11.5 Å². The van der Waals surface area contributed by atoms with Crippen LogP contribution in [0.15, 0.2) is 78.9 Å². The zero-order valence-corrected chi connectivity index (χ0v) is 25.9. The number of ketones is 1. The van der Waals surface area contributed by atoms with Gasteiger partial charge in [-0.2, -0.15) is 0 Å². The normalized spacial score (nSPS) is 21.8. The highest BCUT2D eigenvalue weighted by Crippen LogP contribution is 2.44. The molecule has 1 saturated heterocycles. The number of alkyl halides is 2. The van der Waals surface area contributed by atoms with Crippen LogP contribution < -0.4 is 4.90 Å². The molecule has 212 valence electrons. The van der Waals surface area contributed by atoms with Gasteiger partial charge in [-0.05, 0) is 61.4 Å². The van der Waals surface area contributed by atoms with Crippen LogP contribution in [-0.4, -0.2) is 44.8 Å². The minimum absolute atomic E-state index is 0.133. The van der Waals surface area contributed by atoms with E-state index < -0.39 is 12.6 Å². The average Bonchev–Trinajstić information content (AvgIpc) is 3.23. The molecule has 1 aromatic heterocycles. The van der Waals surface area contributed by atoms with Gasteiger partial charge in [0, 0.05) is 31.2 Å². The van der Waals surface area contributed by atoms with E-state index in [9.17, 15) is 19.2 Å². The summed E-state index contributed by atoms with van der Waals surface area (Å²) in [6.45, 7) is -0.424. The van der Waals surface area contributed by atoms with Gasteiger partial charge in [0.15, 0.2) is 12.4 Å². The van der Waals surface area contributed by atoms with Crippen LogP contribution in [0.4, 0.5) is 5.69 Å².